The van der Waals surface area contributed by atoms with Crippen LogP contribution in [0.5, 0.6) is 0 Å². The zero-order valence-corrected chi connectivity index (χ0v) is 10.5. The molecule has 0 aliphatic rings. The largest absolute Gasteiger partial charge is 0.354 e. The van der Waals surface area contributed by atoms with Gasteiger partial charge >= 0.3 is 0 Å². The van der Waals surface area contributed by atoms with Crippen molar-refractivity contribution in [1.29, 1.82) is 0 Å². The maximum absolute atomic E-state index is 10.9. The standard InChI is InChI=1S/C13H22N2O/c1-13(2,3)14-8-4-5-9-15-10-6-12(16)7-11-15/h6-7,10-11,14H,4-5,8-9H2,1-3H3. The quantitative estimate of drug-likeness (QED) is 0.773. The van der Waals surface area contributed by atoms with Gasteiger partial charge in [0.15, 0.2) is 5.43 Å². The molecular weight excluding hydrogens is 200 g/mol. The van der Waals surface area contributed by atoms with E-state index in [-0.39, 0.29) is 11.0 Å². The highest BCUT2D eigenvalue weighted by Gasteiger charge is 2.06. The van der Waals surface area contributed by atoms with Crippen molar-refractivity contribution in [3.8, 4) is 0 Å². The lowest BCUT2D eigenvalue weighted by Gasteiger charge is -2.20. The van der Waals surface area contributed by atoms with Crippen LogP contribution in [0.3, 0.4) is 0 Å². The molecule has 1 rings (SSSR count). The van der Waals surface area contributed by atoms with Gasteiger partial charge < -0.3 is 9.88 Å². The van der Waals surface area contributed by atoms with Crippen molar-refractivity contribution in [2.45, 2.75) is 45.7 Å². The second kappa shape index (κ2) is 5.85. The summed E-state index contributed by atoms with van der Waals surface area (Å²) in [5.74, 6) is 0. The normalized spacial score (nSPS) is 11.7. The van der Waals surface area contributed by atoms with Gasteiger partial charge in [0.1, 0.15) is 0 Å². The molecule has 3 nitrogen and oxygen atoms in total. The molecule has 0 spiro atoms. The van der Waals surface area contributed by atoms with E-state index in [0.717, 1.165) is 25.9 Å². The molecule has 0 aliphatic carbocycles. The van der Waals surface area contributed by atoms with Gasteiger partial charge in [-0.25, -0.2) is 0 Å². The molecule has 1 aromatic rings. The van der Waals surface area contributed by atoms with Crippen LogP contribution in [0.2, 0.25) is 0 Å². The monoisotopic (exact) mass is 222 g/mol. The molecule has 3 heteroatoms. The van der Waals surface area contributed by atoms with Crippen molar-refractivity contribution in [2.24, 2.45) is 0 Å². The van der Waals surface area contributed by atoms with Crippen LogP contribution in [0.1, 0.15) is 33.6 Å². The van der Waals surface area contributed by atoms with Gasteiger partial charge in [0, 0.05) is 36.6 Å². The van der Waals surface area contributed by atoms with E-state index in [1.165, 1.54) is 0 Å². The van der Waals surface area contributed by atoms with Gasteiger partial charge in [-0.3, -0.25) is 4.79 Å². The molecule has 0 aliphatic heterocycles. The lowest BCUT2D eigenvalue weighted by Crippen LogP contribution is -2.36. The summed E-state index contributed by atoms with van der Waals surface area (Å²) in [5, 5.41) is 3.46. The van der Waals surface area contributed by atoms with Gasteiger partial charge in [0.05, 0.1) is 0 Å². The first-order chi connectivity index (χ1) is 7.47. The summed E-state index contributed by atoms with van der Waals surface area (Å²) in [4.78, 5) is 10.9. The Balaban J connectivity index is 2.16. The molecule has 0 bridgehead atoms. The number of nitrogens with zero attached hydrogens (tertiary/aromatic N) is 1. The van der Waals surface area contributed by atoms with E-state index in [1.54, 1.807) is 12.1 Å². The number of hydrogen-bond donors (Lipinski definition) is 1. The fourth-order valence-corrected chi connectivity index (χ4v) is 1.48. The number of nitrogens with one attached hydrogen (secondary N) is 1. The summed E-state index contributed by atoms with van der Waals surface area (Å²) in [6, 6.07) is 3.21. The van der Waals surface area contributed by atoms with E-state index in [4.69, 9.17) is 0 Å². The van der Waals surface area contributed by atoms with Crippen LogP contribution in [0, 0.1) is 0 Å². The topological polar surface area (TPSA) is 34.0 Å². The first-order valence-electron chi connectivity index (χ1n) is 5.88. The Kier molecular flexibility index (Phi) is 4.74. The van der Waals surface area contributed by atoms with Crippen LogP contribution in [0.25, 0.3) is 0 Å². The minimum absolute atomic E-state index is 0.0747. The molecule has 0 unspecified atom stereocenters. The summed E-state index contributed by atoms with van der Waals surface area (Å²) in [6.45, 7) is 8.55. The third-order valence-corrected chi connectivity index (χ3v) is 2.36. The number of aromatic nitrogens is 1. The molecule has 90 valence electrons. The Hall–Kier alpha value is -1.09. The van der Waals surface area contributed by atoms with E-state index in [0.29, 0.717) is 0 Å². The predicted molar refractivity (Wildman–Crippen MR) is 67.7 cm³/mol. The lowest BCUT2D eigenvalue weighted by molar-refractivity contribution is 0.414. The van der Waals surface area contributed by atoms with Crippen molar-refractivity contribution in [1.82, 2.24) is 9.88 Å². The summed E-state index contributed by atoms with van der Waals surface area (Å²) < 4.78 is 2.05. The van der Waals surface area contributed by atoms with Crippen molar-refractivity contribution in [3.63, 3.8) is 0 Å². The Morgan fingerprint density at radius 2 is 1.81 bits per heavy atom. The highest BCUT2D eigenvalue weighted by atomic mass is 16.1. The summed E-state index contributed by atoms with van der Waals surface area (Å²) >= 11 is 0. The zero-order chi connectivity index (χ0) is 12.0. The second-order valence-corrected chi connectivity index (χ2v) is 5.16. The van der Waals surface area contributed by atoms with Crippen LogP contribution in [-0.4, -0.2) is 16.7 Å². The van der Waals surface area contributed by atoms with Gasteiger partial charge in [-0.15, -0.1) is 0 Å². The minimum atomic E-state index is 0.0747. The molecule has 0 atom stereocenters. The van der Waals surface area contributed by atoms with E-state index in [2.05, 4.69) is 30.7 Å². The smallest absolute Gasteiger partial charge is 0.181 e. The van der Waals surface area contributed by atoms with E-state index in [9.17, 15) is 4.79 Å². The van der Waals surface area contributed by atoms with Gasteiger partial charge in [0.2, 0.25) is 0 Å². The maximum atomic E-state index is 10.9. The third-order valence-electron chi connectivity index (χ3n) is 2.36. The van der Waals surface area contributed by atoms with Crippen LogP contribution in [0.15, 0.2) is 29.3 Å². The fraction of sp³-hybridized carbons (Fsp3) is 0.615. The highest BCUT2D eigenvalue weighted by molar-refractivity contribution is 4.93. The molecule has 1 aromatic heterocycles. The van der Waals surface area contributed by atoms with Crippen molar-refractivity contribution in [2.75, 3.05) is 6.54 Å². The van der Waals surface area contributed by atoms with E-state index in [1.807, 2.05) is 12.4 Å². The van der Waals surface area contributed by atoms with Gasteiger partial charge in [0.25, 0.3) is 0 Å². The SMILES string of the molecule is CC(C)(C)NCCCCn1ccc(=O)cc1. The average Bonchev–Trinajstić information content (AvgIpc) is 2.19. The molecule has 0 amide bonds. The highest BCUT2D eigenvalue weighted by Crippen LogP contribution is 2.00. The van der Waals surface area contributed by atoms with Gasteiger partial charge in [-0.1, -0.05) is 0 Å². The Morgan fingerprint density at radius 3 is 2.38 bits per heavy atom. The second-order valence-electron chi connectivity index (χ2n) is 5.16. The number of aryl methyl sites for hydroxylation is 1. The zero-order valence-electron chi connectivity index (χ0n) is 10.5. The molecule has 0 aromatic carbocycles. The number of rotatable bonds is 5. The van der Waals surface area contributed by atoms with Crippen LogP contribution in [0.4, 0.5) is 0 Å². The van der Waals surface area contributed by atoms with Crippen molar-refractivity contribution < 1.29 is 0 Å². The Labute approximate surface area is 97.5 Å². The van der Waals surface area contributed by atoms with Gasteiger partial charge in [-0.05, 0) is 40.2 Å². The predicted octanol–water partition coefficient (Wildman–Crippen LogP) is 2.02. The molecule has 1 heterocycles. The first-order valence-corrected chi connectivity index (χ1v) is 5.88. The Morgan fingerprint density at radius 1 is 1.19 bits per heavy atom. The fourth-order valence-electron chi connectivity index (χ4n) is 1.48. The minimum Gasteiger partial charge on any atom is -0.354 e. The summed E-state index contributed by atoms with van der Waals surface area (Å²) in [5.41, 5.74) is 0.280. The maximum Gasteiger partial charge on any atom is 0.181 e. The molecule has 16 heavy (non-hydrogen) atoms. The average molecular weight is 222 g/mol. The number of pyridine rings is 1. The van der Waals surface area contributed by atoms with Crippen molar-refractivity contribution in [3.05, 3.63) is 34.7 Å². The molecule has 0 fully saturated rings. The number of unbranched alkanes of at least 4 members (excludes halogenated alkanes) is 1. The third kappa shape index (κ3) is 5.71. The van der Waals surface area contributed by atoms with Crippen LogP contribution < -0.4 is 10.7 Å². The molecule has 0 radical (unpaired) electrons. The number of hydrogen-bond acceptors (Lipinski definition) is 2. The van der Waals surface area contributed by atoms with Crippen molar-refractivity contribution >= 4 is 0 Å². The van der Waals surface area contributed by atoms with E-state index < -0.39 is 0 Å². The molecular formula is C13H22N2O. The molecule has 0 saturated carbocycles. The van der Waals surface area contributed by atoms with E-state index >= 15 is 0 Å². The molecule has 1 N–H and O–H groups in total. The summed E-state index contributed by atoms with van der Waals surface area (Å²) in [7, 11) is 0. The van der Waals surface area contributed by atoms with Gasteiger partial charge in [-0.2, -0.15) is 0 Å². The summed E-state index contributed by atoms with van der Waals surface area (Å²) in [6.07, 6.45) is 5.98. The Bertz CT molecular complexity index is 342. The van der Waals surface area contributed by atoms with Crippen LogP contribution in [-0.2, 0) is 6.54 Å². The first kappa shape index (κ1) is 13.0. The molecule has 0 saturated heterocycles. The van der Waals surface area contributed by atoms with Crippen LogP contribution >= 0.6 is 0 Å². The lowest BCUT2D eigenvalue weighted by atomic mass is 10.1.